The van der Waals surface area contributed by atoms with Crippen molar-refractivity contribution in [1.29, 1.82) is 0 Å². The molecule has 1 unspecified atom stereocenters. The zero-order chi connectivity index (χ0) is 29.6. The van der Waals surface area contributed by atoms with Crippen LogP contribution in [0.4, 0.5) is 0 Å². The van der Waals surface area contributed by atoms with Crippen molar-refractivity contribution in [3.05, 3.63) is 173 Å². The summed E-state index contributed by atoms with van der Waals surface area (Å²) in [6, 6.07) is 36.5. The van der Waals surface area contributed by atoms with Crippen LogP contribution in [0.25, 0.3) is 6.08 Å². The van der Waals surface area contributed by atoms with Crippen LogP contribution in [0.3, 0.4) is 0 Å². The second kappa shape index (κ2) is 15.5. The SMILES string of the molecule is C=C/C(=C\Cc1ccc(C(C)N=Cc2ccccc2C=C)cc1)CN=C(N=C(N=C)c1ccccc1)c1ccccc1. The first-order valence-corrected chi connectivity index (χ1v) is 14.0. The van der Waals surface area contributed by atoms with Gasteiger partial charge in [-0.05, 0) is 47.9 Å². The molecule has 0 spiro atoms. The Morgan fingerprint density at radius 2 is 1.33 bits per heavy atom. The molecule has 42 heavy (non-hydrogen) atoms. The van der Waals surface area contributed by atoms with Gasteiger partial charge in [0.15, 0.2) is 11.7 Å². The van der Waals surface area contributed by atoms with Gasteiger partial charge in [-0.25, -0.2) is 9.98 Å². The van der Waals surface area contributed by atoms with E-state index >= 15 is 0 Å². The molecule has 0 radical (unpaired) electrons. The molecule has 0 amide bonds. The first kappa shape index (κ1) is 29.8. The quantitative estimate of drug-likeness (QED) is 0.102. The van der Waals surface area contributed by atoms with Gasteiger partial charge in [0.25, 0.3) is 0 Å². The van der Waals surface area contributed by atoms with Crippen LogP contribution in [-0.4, -0.2) is 31.1 Å². The molecule has 0 aromatic heterocycles. The molecule has 0 heterocycles. The topological polar surface area (TPSA) is 49.4 Å². The zero-order valence-corrected chi connectivity index (χ0v) is 24.1. The van der Waals surface area contributed by atoms with Gasteiger partial charge in [-0.3, -0.25) is 9.98 Å². The van der Waals surface area contributed by atoms with Gasteiger partial charge in [-0.2, -0.15) is 0 Å². The molecule has 4 aromatic carbocycles. The molecule has 0 N–H and O–H groups in total. The Balaban J connectivity index is 1.47. The monoisotopic (exact) mass is 548 g/mol. The van der Waals surface area contributed by atoms with Gasteiger partial charge < -0.3 is 0 Å². The maximum Gasteiger partial charge on any atom is 0.161 e. The van der Waals surface area contributed by atoms with Gasteiger partial charge in [0.1, 0.15) is 0 Å². The zero-order valence-electron chi connectivity index (χ0n) is 24.1. The molecular formula is C38H36N4. The predicted molar refractivity (Wildman–Crippen MR) is 181 cm³/mol. The minimum Gasteiger partial charge on any atom is -0.285 e. The number of benzene rings is 4. The van der Waals surface area contributed by atoms with Gasteiger partial charge >= 0.3 is 0 Å². The minimum atomic E-state index is 0.0494. The Labute approximate surface area is 249 Å². The van der Waals surface area contributed by atoms with E-state index < -0.39 is 0 Å². The number of hydrogen-bond acceptors (Lipinski definition) is 2. The van der Waals surface area contributed by atoms with Crippen molar-refractivity contribution >= 4 is 30.7 Å². The summed E-state index contributed by atoms with van der Waals surface area (Å²) in [6.45, 7) is 14.2. The lowest BCUT2D eigenvalue weighted by Gasteiger charge is -2.09. The second-order valence-corrected chi connectivity index (χ2v) is 9.68. The summed E-state index contributed by atoms with van der Waals surface area (Å²) in [4.78, 5) is 18.6. The fraction of sp³-hybridized carbons (Fsp3) is 0.105. The maximum absolute atomic E-state index is 4.87. The van der Waals surface area contributed by atoms with Crippen molar-refractivity contribution in [3.63, 3.8) is 0 Å². The molecule has 1 atom stereocenters. The number of aliphatic imine (C=N–C) groups is 4. The maximum atomic E-state index is 4.87. The van der Waals surface area contributed by atoms with Crippen LogP contribution in [0, 0.1) is 0 Å². The molecule has 0 saturated carbocycles. The molecule has 208 valence electrons. The van der Waals surface area contributed by atoms with Crippen LogP contribution in [0.1, 0.15) is 46.3 Å². The largest absolute Gasteiger partial charge is 0.285 e. The first-order valence-electron chi connectivity index (χ1n) is 14.0. The normalized spacial score (nSPS) is 13.1. The molecule has 4 rings (SSSR count). The lowest BCUT2D eigenvalue weighted by Crippen LogP contribution is -2.06. The van der Waals surface area contributed by atoms with Crippen molar-refractivity contribution in [2.24, 2.45) is 20.0 Å². The summed E-state index contributed by atoms with van der Waals surface area (Å²) in [5.41, 5.74) is 7.35. The average molecular weight is 549 g/mol. The number of rotatable bonds is 11. The Bertz CT molecular complexity index is 1610. The number of hydrogen-bond donors (Lipinski definition) is 0. The molecule has 0 aliphatic carbocycles. The van der Waals surface area contributed by atoms with Crippen LogP contribution in [0.5, 0.6) is 0 Å². The molecule has 0 saturated heterocycles. The summed E-state index contributed by atoms with van der Waals surface area (Å²) in [5, 5.41) is 0. The average Bonchev–Trinajstić information content (AvgIpc) is 3.06. The van der Waals surface area contributed by atoms with E-state index in [-0.39, 0.29) is 6.04 Å². The van der Waals surface area contributed by atoms with Crippen molar-refractivity contribution < 1.29 is 0 Å². The van der Waals surface area contributed by atoms with Gasteiger partial charge in [-0.15, -0.1) is 0 Å². The van der Waals surface area contributed by atoms with Crippen molar-refractivity contribution in [2.75, 3.05) is 6.54 Å². The molecule has 4 aromatic rings. The molecule has 4 heteroatoms. The fourth-order valence-electron chi connectivity index (χ4n) is 4.31. The molecule has 0 aliphatic heterocycles. The lowest BCUT2D eigenvalue weighted by atomic mass is 10.0. The van der Waals surface area contributed by atoms with E-state index in [4.69, 9.17) is 15.0 Å². The first-order chi connectivity index (χ1) is 20.6. The summed E-state index contributed by atoms with van der Waals surface area (Å²) < 4.78 is 0. The highest BCUT2D eigenvalue weighted by Crippen LogP contribution is 2.19. The van der Waals surface area contributed by atoms with Crippen LogP contribution in [0.15, 0.2) is 160 Å². The summed E-state index contributed by atoms with van der Waals surface area (Å²) >= 11 is 0. The number of nitrogens with zero attached hydrogens (tertiary/aromatic N) is 4. The smallest absolute Gasteiger partial charge is 0.161 e. The van der Waals surface area contributed by atoms with Crippen molar-refractivity contribution in [1.82, 2.24) is 0 Å². The minimum absolute atomic E-state index is 0.0494. The molecule has 4 nitrogen and oxygen atoms in total. The lowest BCUT2D eigenvalue weighted by molar-refractivity contribution is 0.824. The second-order valence-electron chi connectivity index (χ2n) is 9.68. The van der Waals surface area contributed by atoms with E-state index in [2.05, 4.69) is 68.2 Å². The van der Waals surface area contributed by atoms with Crippen LogP contribution in [-0.2, 0) is 6.42 Å². The molecule has 0 bridgehead atoms. The summed E-state index contributed by atoms with van der Waals surface area (Å²) in [5.74, 6) is 1.13. The predicted octanol–water partition coefficient (Wildman–Crippen LogP) is 8.76. The van der Waals surface area contributed by atoms with E-state index in [0.717, 1.165) is 34.2 Å². The van der Waals surface area contributed by atoms with Gasteiger partial charge in [0.2, 0.25) is 0 Å². The molecular weight excluding hydrogens is 512 g/mol. The van der Waals surface area contributed by atoms with E-state index in [0.29, 0.717) is 18.2 Å². The van der Waals surface area contributed by atoms with Crippen molar-refractivity contribution in [2.45, 2.75) is 19.4 Å². The highest BCUT2D eigenvalue weighted by Gasteiger charge is 2.07. The van der Waals surface area contributed by atoms with Gasteiger partial charge in [-0.1, -0.05) is 141 Å². The standard InChI is InChI=1S/C38H36N4/c1-5-30(27-41-38(35-18-11-8-12-19-35)42-37(39-4)34-16-9-7-10-17-34)21-22-31-23-25-33(26-24-31)29(3)40-28-36-20-14-13-15-32(36)6-2/h5-21,23-26,28-29H,1-2,4,22,27H2,3H3/b30-21+,40-28?,41-38?,42-37?. The van der Waals surface area contributed by atoms with Crippen LogP contribution in [0.2, 0.25) is 0 Å². The molecule has 0 aliphatic rings. The summed E-state index contributed by atoms with van der Waals surface area (Å²) in [7, 11) is 0. The number of allylic oxidation sites excluding steroid dienone is 1. The third kappa shape index (κ3) is 8.39. The van der Waals surface area contributed by atoms with Gasteiger partial charge in [0, 0.05) is 17.3 Å². The highest BCUT2D eigenvalue weighted by molar-refractivity contribution is 6.12. The van der Waals surface area contributed by atoms with E-state index in [1.54, 1.807) is 0 Å². The number of amidine groups is 2. The molecule has 0 fully saturated rings. The Morgan fingerprint density at radius 3 is 1.93 bits per heavy atom. The van der Waals surface area contributed by atoms with Crippen LogP contribution < -0.4 is 0 Å². The van der Waals surface area contributed by atoms with Gasteiger partial charge in [0.05, 0.1) is 12.6 Å². The third-order valence-electron chi connectivity index (χ3n) is 6.81. The Morgan fingerprint density at radius 1 is 0.738 bits per heavy atom. The van der Waals surface area contributed by atoms with E-state index in [9.17, 15) is 0 Å². The van der Waals surface area contributed by atoms with Crippen molar-refractivity contribution in [3.8, 4) is 0 Å². The fourth-order valence-corrected chi connectivity index (χ4v) is 4.31. The van der Waals surface area contributed by atoms with E-state index in [1.165, 1.54) is 11.1 Å². The van der Waals surface area contributed by atoms with E-state index in [1.807, 2.05) is 97.2 Å². The summed E-state index contributed by atoms with van der Waals surface area (Å²) in [6.07, 6.45) is 8.57. The Kier molecular flexibility index (Phi) is 11.0. The van der Waals surface area contributed by atoms with Crippen LogP contribution >= 0.6 is 0 Å². The third-order valence-corrected chi connectivity index (χ3v) is 6.81. The Hall–Kier alpha value is -5.22. The highest BCUT2D eigenvalue weighted by atomic mass is 15.0.